The molecular formula is C6H11I. The van der Waals surface area contributed by atoms with E-state index in [9.17, 15) is 0 Å². The Kier molecular flexibility index (Phi) is 6.90. The van der Waals surface area contributed by atoms with Crippen LogP contribution in [0.15, 0.2) is 12.2 Å². The van der Waals surface area contributed by atoms with Gasteiger partial charge in [0, 0.05) is 0 Å². The molecule has 0 saturated carbocycles. The Hall–Kier alpha value is 0.470. The molecule has 0 heterocycles. The van der Waals surface area contributed by atoms with Gasteiger partial charge in [-0.2, -0.15) is 0 Å². The molecule has 0 atom stereocenters. The van der Waals surface area contributed by atoms with Crippen molar-refractivity contribution in [2.45, 2.75) is 19.8 Å². The molecule has 0 radical (unpaired) electrons. The predicted molar refractivity (Wildman–Crippen MR) is 42.9 cm³/mol. The molecule has 0 fully saturated rings. The van der Waals surface area contributed by atoms with E-state index in [0.29, 0.717) is 0 Å². The summed E-state index contributed by atoms with van der Waals surface area (Å²) in [4.78, 5) is 0. The van der Waals surface area contributed by atoms with Crippen molar-refractivity contribution in [2.75, 3.05) is 4.43 Å². The van der Waals surface area contributed by atoms with Crippen LogP contribution >= 0.6 is 22.6 Å². The Balaban J connectivity index is 2.69. The van der Waals surface area contributed by atoms with Crippen molar-refractivity contribution in [3.63, 3.8) is 0 Å². The van der Waals surface area contributed by atoms with Gasteiger partial charge in [0.1, 0.15) is 0 Å². The monoisotopic (exact) mass is 210 g/mol. The summed E-state index contributed by atoms with van der Waals surface area (Å²) in [6.07, 6.45) is 6.88. The molecule has 0 amide bonds. The van der Waals surface area contributed by atoms with Crippen molar-refractivity contribution in [3.05, 3.63) is 12.2 Å². The van der Waals surface area contributed by atoms with Crippen molar-refractivity contribution in [2.24, 2.45) is 0 Å². The fourth-order valence-electron chi connectivity index (χ4n) is 0.362. The van der Waals surface area contributed by atoms with Gasteiger partial charge in [0.2, 0.25) is 0 Å². The Morgan fingerprint density at radius 1 is 1.57 bits per heavy atom. The van der Waals surface area contributed by atoms with E-state index in [-0.39, 0.29) is 0 Å². The molecule has 0 N–H and O–H groups in total. The largest absolute Gasteiger partial charge is 0.0917 e. The van der Waals surface area contributed by atoms with Crippen LogP contribution in [0.5, 0.6) is 0 Å². The zero-order valence-corrected chi connectivity index (χ0v) is 6.81. The van der Waals surface area contributed by atoms with Crippen molar-refractivity contribution >= 4 is 22.6 Å². The number of halogens is 1. The third-order valence-electron chi connectivity index (χ3n) is 0.740. The molecule has 0 aromatic heterocycles. The first-order valence-corrected chi connectivity index (χ1v) is 4.11. The van der Waals surface area contributed by atoms with E-state index in [2.05, 4.69) is 41.7 Å². The van der Waals surface area contributed by atoms with Crippen LogP contribution in [0.4, 0.5) is 0 Å². The van der Waals surface area contributed by atoms with Gasteiger partial charge in [-0.1, -0.05) is 34.7 Å². The van der Waals surface area contributed by atoms with Gasteiger partial charge in [-0.25, -0.2) is 0 Å². The Morgan fingerprint density at radius 2 is 2.29 bits per heavy atom. The summed E-state index contributed by atoms with van der Waals surface area (Å²) in [5.74, 6) is 0. The molecule has 0 unspecified atom stereocenters. The average molecular weight is 210 g/mol. The van der Waals surface area contributed by atoms with Gasteiger partial charge in [-0.3, -0.25) is 0 Å². The van der Waals surface area contributed by atoms with Gasteiger partial charge < -0.3 is 0 Å². The summed E-state index contributed by atoms with van der Waals surface area (Å²) in [6.45, 7) is 2.06. The molecule has 7 heavy (non-hydrogen) atoms. The van der Waals surface area contributed by atoms with Gasteiger partial charge in [0.25, 0.3) is 0 Å². The number of hydrogen-bond acceptors (Lipinski definition) is 0. The maximum Gasteiger partial charge on any atom is -0.000178 e. The van der Waals surface area contributed by atoms with E-state index in [1.807, 2.05) is 0 Å². The SMILES string of the molecule is C/C=C\CCCI. The zero-order valence-electron chi connectivity index (χ0n) is 4.65. The van der Waals surface area contributed by atoms with E-state index in [1.54, 1.807) is 0 Å². The lowest BCUT2D eigenvalue weighted by Crippen LogP contribution is -1.67. The number of alkyl halides is 1. The minimum atomic E-state index is 1.25. The molecule has 0 aliphatic carbocycles. The highest BCUT2D eigenvalue weighted by Crippen LogP contribution is 1.94. The van der Waals surface area contributed by atoms with E-state index in [1.165, 1.54) is 17.3 Å². The summed E-state index contributed by atoms with van der Waals surface area (Å²) in [5.41, 5.74) is 0. The number of hydrogen-bond donors (Lipinski definition) is 0. The van der Waals surface area contributed by atoms with Gasteiger partial charge in [-0.05, 0) is 24.2 Å². The normalized spacial score (nSPS) is 10.6. The second-order valence-electron chi connectivity index (χ2n) is 1.40. The second-order valence-corrected chi connectivity index (χ2v) is 2.48. The fraction of sp³-hybridized carbons (Fsp3) is 0.667. The molecule has 0 aromatic rings. The van der Waals surface area contributed by atoms with E-state index < -0.39 is 0 Å². The Morgan fingerprint density at radius 3 is 2.71 bits per heavy atom. The van der Waals surface area contributed by atoms with Gasteiger partial charge in [0.05, 0.1) is 0 Å². The highest BCUT2D eigenvalue weighted by molar-refractivity contribution is 14.1. The first-order chi connectivity index (χ1) is 3.41. The van der Waals surface area contributed by atoms with Crippen molar-refractivity contribution in [3.8, 4) is 0 Å². The molecule has 0 aromatic carbocycles. The van der Waals surface area contributed by atoms with Crippen LogP contribution in [0.25, 0.3) is 0 Å². The molecule has 1 heteroatoms. The van der Waals surface area contributed by atoms with Crippen LogP contribution in [-0.4, -0.2) is 4.43 Å². The second kappa shape index (κ2) is 6.47. The lowest BCUT2D eigenvalue weighted by atomic mass is 10.3. The van der Waals surface area contributed by atoms with Crippen LogP contribution in [-0.2, 0) is 0 Å². The molecule has 0 nitrogen and oxygen atoms in total. The number of rotatable bonds is 3. The van der Waals surface area contributed by atoms with E-state index >= 15 is 0 Å². The standard InChI is InChI=1S/C6H11I/c1-2-3-4-5-6-7/h2-3H,4-6H2,1H3/b3-2-. The molecule has 0 spiro atoms. The van der Waals surface area contributed by atoms with Crippen LogP contribution < -0.4 is 0 Å². The average Bonchev–Trinajstić information content (AvgIpc) is 1.69. The summed E-state index contributed by atoms with van der Waals surface area (Å²) < 4.78 is 1.28. The first kappa shape index (κ1) is 7.47. The topological polar surface area (TPSA) is 0 Å². The summed E-state index contributed by atoms with van der Waals surface area (Å²) in [6, 6.07) is 0. The first-order valence-electron chi connectivity index (χ1n) is 2.59. The van der Waals surface area contributed by atoms with Crippen molar-refractivity contribution in [1.29, 1.82) is 0 Å². The van der Waals surface area contributed by atoms with Crippen molar-refractivity contribution in [1.82, 2.24) is 0 Å². The summed E-state index contributed by atoms with van der Waals surface area (Å²) >= 11 is 2.39. The van der Waals surface area contributed by atoms with Crippen LogP contribution in [0.2, 0.25) is 0 Å². The maximum atomic E-state index is 2.39. The molecule has 42 valence electrons. The number of allylic oxidation sites excluding steroid dienone is 2. The molecule has 0 aliphatic rings. The van der Waals surface area contributed by atoms with Gasteiger partial charge in [-0.15, -0.1) is 0 Å². The summed E-state index contributed by atoms with van der Waals surface area (Å²) in [5, 5.41) is 0. The van der Waals surface area contributed by atoms with Crippen LogP contribution in [0, 0.1) is 0 Å². The predicted octanol–water partition coefficient (Wildman–Crippen LogP) is 2.78. The summed E-state index contributed by atoms with van der Waals surface area (Å²) in [7, 11) is 0. The molecule has 0 rings (SSSR count). The zero-order chi connectivity index (χ0) is 5.54. The molecule has 0 bridgehead atoms. The highest BCUT2D eigenvalue weighted by Gasteiger charge is 1.74. The maximum absolute atomic E-state index is 2.39. The third kappa shape index (κ3) is 6.47. The van der Waals surface area contributed by atoms with Gasteiger partial charge >= 0.3 is 0 Å². The molecular weight excluding hydrogens is 199 g/mol. The Labute approximate surface area is 59.1 Å². The lowest BCUT2D eigenvalue weighted by Gasteiger charge is -1.82. The third-order valence-corrected chi connectivity index (χ3v) is 1.50. The van der Waals surface area contributed by atoms with E-state index in [0.717, 1.165) is 0 Å². The smallest absolute Gasteiger partial charge is 0.000178 e. The molecule has 0 saturated heterocycles. The Bertz CT molecular complexity index is 48.1. The number of unbranched alkanes of at least 4 members (excludes halogenated alkanes) is 1. The quantitative estimate of drug-likeness (QED) is 0.291. The lowest BCUT2D eigenvalue weighted by molar-refractivity contribution is 0.984. The van der Waals surface area contributed by atoms with Crippen LogP contribution in [0.3, 0.4) is 0 Å². The highest BCUT2D eigenvalue weighted by atomic mass is 127. The van der Waals surface area contributed by atoms with Crippen molar-refractivity contribution < 1.29 is 0 Å². The minimum Gasteiger partial charge on any atom is -0.0917 e. The van der Waals surface area contributed by atoms with E-state index in [4.69, 9.17) is 0 Å². The molecule has 0 aliphatic heterocycles. The fourth-order valence-corrected chi connectivity index (χ4v) is 0.802. The minimum absolute atomic E-state index is 1.25. The van der Waals surface area contributed by atoms with Gasteiger partial charge in [0.15, 0.2) is 0 Å². The van der Waals surface area contributed by atoms with Crippen LogP contribution in [0.1, 0.15) is 19.8 Å².